The van der Waals surface area contributed by atoms with E-state index in [-0.39, 0.29) is 10.8 Å². The molecule has 1 aromatic carbocycles. The molecule has 0 bridgehead atoms. The fraction of sp³-hybridized carbons (Fsp3) is 0.0625. The largest absolute Gasteiger partial charge is 0.288 e. The summed E-state index contributed by atoms with van der Waals surface area (Å²) in [6.45, 7) is 0. The predicted octanol–water partition coefficient (Wildman–Crippen LogP) is 4.15. The maximum absolute atomic E-state index is 13.9. The maximum atomic E-state index is 13.9. The summed E-state index contributed by atoms with van der Waals surface area (Å²) in [4.78, 5) is 20.5. The first-order valence-electron chi connectivity index (χ1n) is 6.45. The number of thiophene rings is 1. The van der Waals surface area contributed by atoms with Gasteiger partial charge in [-0.2, -0.15) is 0 Å². The highest BCUT2D eigenvalue weighted by Gasteiger charge is 2.14. The first kappa shape index (κ1) is 14.8. The number of nitrogens with zero attached hydrogens (tertiary/aromatic N) is 2. The molecule has 0 aliphatic rings. The van der Waals surface area contributed by atoms with E-state index in [1.54, 1.807) is 18.2 Å². The molecule has 0 amide bonds. The molecule has 0 radical (unpaired) electrons. The van der Waals surface area contributed by atoms with Crippen LogP contribution < -0.4 is 0 Å². The van der Waals surface area contributed by atoms with E-state index in [1.165, 1.54) is 36.1 Å². The van der Waals surface area contributed by atoms with Gasteiger partial charge in [-0.05, 0) is 28.6 Å². The van der Waals surface area contributed by atoms with Crippen molar-refractivity contribution >= 4 is 28.7 Å². The zero-order valence-corrected chi connectivity index (χ0v) is 12.9. The van der Waals surface area contributed by atoms with Crippen LogP contribution in [-0.2, 0) is 6.42 Å². The Hall–Kier alpha value is -2.11. The second kappa shape index (κ2) is 6.34. The Balaban J connectivity index is 1.82. The maximum Gasteiger partial charge on any atom is 0.206 e. The van der Waals surface area contributed by atoms with Crippen LogP contribution in [0.3, 0.4) is 0 Å². The number of hydrogen-bond acceptors (Lipinski definition) is 4. The Labute approximate surface area is 135 Å². The molecule has 0 aliphatic heterocycles. The number of benzene rings is 1. The molecule has 6 heteroatoms. The van der Waals surface area contributed by atoms with Gasteiger partial charge in [0.2, 0.25) is 5.78 Å². The lowest BCUT2D eigenvalue weighted by atomic mass is 10.1. The van der Waals surface area contributed by atoms with Crippen molar-refractivity contribution in [2.75, 3.05) is 0 Å². The average Bonchev–Trinajstić information content (AvgIpc) is 3.00. The van der Waals surface area contributed by atoms with Gasteiger partial charge in [-0.1, -0.05) is 23.7 Å². The fourth-order valence-corrected chi connectivity index (χ4v) is 3.12. The first-order valence-corrected chi connectivity index (χ1v) is 7.71. The number of halogens is 2. The van der Waals surface area contributed by atoms with Crippen molar-refractivity contribution in [3.8, 4) is 0 Å². The van der Waals surface area contributed by atoms with Gasteiger partial charge in [0, 0.05) is 18.8 Å². The van der Waals surface area contributed by atoms with E-state index in [0.717, 1.165) is 5.56 Å². The molecule has 0 N–H and O–H groups in total. The summed E-state index contributed by atoms with van der Waals surface area (Å²) in [6.07, 6.45) is 4.72. The Morgan fingerprint density at radius 2 is 2.05 bits per heavy atom. The minimum Gasteiger partial charge on any atom is -0.288 e. The van der Waals surface area contributed by atoms with Gasteiger partial charge in [0.1, 0.15) is 12.1 Å². The lowest BCUT2D eigenvalue weighted by Gasteiger charge is -2.02. The normalized spacial score (nSPS) is 10.6. The number of rotatable bonds is 4. The lowest BCUT2D eigenvalue weighted by molar-refractivity contribution is 0.104. The molecular formula is C16H10ClFN2OS. The molecule has 2 heterocycles. The highest BCUT2D eigenvalue weighted by molar-refractivity contribution is 7.12. The predicted molar refractivity (Wildman–Crippen MR) is 84.0 cm³/mol. The molecule has 2 aromatic heterocycles. The summed E-state index contributed by atoms with van der Waals surface area (Å²) in [6, 6.07) is 6.67. The molecule has 0 saturated carbocycles. The molecule has 22 heavy (non-hydrogen) atoms. The standard InChI is InChI=1S/C16H10ClFN2OS/c17-13-3-1-2-11(15(13)18)4-10-5-14(22-8-10)16(21)12-6-19-9-20-7-12/h1-3,5-9H,4H2. The number of hydrogen-bond donors (Lipinski definition) is 0. The Morgan fingerprint density at radius 3 is 2.82 bits per heavy atom. The van der Waals surface area contributed by atoms with Crippen LogP contribution in [0.15, 0.2) is 48.4 Å². The molecular weight excluding hydrogens is 323 g/mol. The zero-order chi connectivity index (χ0) is 15.5. The summed E-state index contributed by atoms with van der Waals surface area (Å²) in [7, 11) is 0. The van der Waals surface area contributed by atoms with Gasteiger partial charge in [-0.25, -0.2) is 14.4 Å². The highest BCUT2D eigenvalue weighted by Crippen LogP contribution is 2.24. The van der Waals surface area contributed by atoms with E-state index in [1.807, 2.05) is 5.38 Å². The monoisotopic (exact) mass is 332 g/mol. The van der Waals surface area contributed by atoms with Gasteiger partial charge in [0.15, 0.2) is 0 Å². The Morgan fingerprint density at radius 1 is 1.27 bits per heavy atom. The van der Waals surface area contributed by atoms with E-state index in [4.69, 9.17) is 11.6 Å². The fourth-order valence-electron chi connectivity index (χ4n) is 2.05. The van der Waals surface area contributed by atoms with Crippen LogP contribution in [0.4, 0.5) is 4.39 Å². The van der Waals surface area contributed by atoms with Crippen LogP contribution in [0.2, 0.25) is 5.02 Å². The molecule has 0 aliphatic carbocycles. The first-order chi connectivity index (χ1) is 10.6. The van der Waals surface area contributed by atoms with Crippen molar-refractivity contribution in [3.05, 3.63) is 80.8 Å². The number of carbonyl (C=O) groups is 1. The topological polar surface area (TPSA) is 42.9 Å². The van der Waals surface area contributed by atoms with E-state index < -0.39 is 5.82 Å². The van der Waals surface area contributed by atoms with Crippen LogP contribution in [0.25, 0.3) is 0 Å². The molecule has 3 rings (SSSR count). The van der Waals surface area contributed by atoms with Crippen molar-refractivity contribution in [1.82, 2.24) is 9.97 Å². The molecule has 0 atom stereocenters. The van der Waals surface area contributed by atoms with Gasteiger partial charge in [-0.15, -0.1) is 11.3 Å². The van der Waals surface area contributed by atoms with Gasteiger partial charge < -0.3 is 0 Å². The van der Waals surface area contributed by atoms with Crippen LogP contribution in [-0.4, -0.2) is 15.8 Å². The second-order valence-corrected chi connectivity index (χ2v) is 5.98. The SMILES string of the molecule is O=C(c1cncnc1)c1cc(Cc2cccc(Cl)c2F)cs1. The van der Waals surface area contributed by atoms with E-state index in [9.17, 15) is 9.18 Å². The third-order valence-electron chi connectivity index (χ3n) is 3.13. The van der Waals surface area contributed by atoms with Crippen molar-refractivity contribution in [2.45, 2.75) is 6.42 Å². The number of aromatic nitrogens is 2. The molecule has 0 spiro atoms. The summed E-state index contributed by atoms with van der Waals surface area (Å²) < 4.78 is 13.9. The van der Waals surface area contributed by atoms with Crippen molar-refractivity contribution in [3.63, 3.8) is 0 Å². The van der Waals surface area contributed by atoms with Crippen molar-refractivity contribution < 1.29 is 9.18 Å². The quantitative estimate of drug-likeness (QED) is 0.674. The second-order valence-electron chi connectivity index (χ2n) is 4.67. The molecule has 3 nitrogen and oxygen atoms in total. The van der Waals surface area contributed by atoms with E-state index in [0.29, 0.717) is 22.4 Å². The lowest BCUT2D eigenvalue weighted by Crippen LogP contribution is -2.00. The van der Waals surface area contributed by atoms with Gasteiger partial charge in [0.05, 0.1) is 15.5 Å². The molecule has 0 unspecified atom stereocenters. The Kier molecular flexibility index (Phi) is 4.27. The van der Waals surface area contributed by atoms with Crippen LogP contribution >= 0.6 is 22.9 Å². The number of ketones is 1. The summed E-state index contributed by atoms with van der Waals surface area (Å²) in [5.41, 5.74) is 1.81. The van der Waals surface area contributed by atoms with Gasteiger partial charge in [0.25, 0.3) is 0 Å². The van der Waals surface area contributed by atoms with Crippen LogP contribution in [0.1, 0.15) is 26.4 Å². The van der Waals surface area contributed by atoms with Gasteiger partial charge >= 0.3 is 0 Å². The minimum atomic E-state index is -0.417. The molecule has 0 fully saturated rings. The van der Waals surface area contributed by atoms with Crippen LogP contribution in [0, 0.1) is 5.82 Å². The van der Waals surface area contributed by atoms with Gasteiger partial charge in [-0.3, -0.25) is 4.79 Å². The van der Waals surface area contributed by atoms with E-state index in [2.05, 4.69) is 9.97 Å². The zero-order valence-electron chi connectivity index (χ0n) is 11.3. The molecule has 0 saturated heterocycles. The highest BCUT2D eigenvalue weighted by atomic mass is 35.5. The average molecular weight is 333 g/mol. The van der Waals surface area contributed by atoms with E-state index >= 15 is 0 Å². The third kappa shape index (κ3) is 3.05. The van der Waals surface area contributed by atoms with Crippen LogP contribution in [0.5, 0.6) is 0 Å². The molecule has 3 aromatic rings. The summed E-state index contributed by atoms with van der Waals surface area (Å²) in [5, 5.41) is 1.95. The summed E-state index contributed by atoms with van der Waals surface area (Å²) >= 11 is 7.10. The smallest absolute Gasteiger partial charge is 0.206 e. The number of carbonyl (C=O) groups excluding carboxylic acids is 1. The van der Waals surface area contributed by atoms with Crippen molar-refractivity contribution in [1.29, 1.82) is 0 Å². The molecule has 110 valence electrons. The minimum absolute atomic E-state index is 0.102. The Bertz CT molecular complexity index is 820. The van der Waals surface area contributed by atoms with Crippen molar-refractivity contribution in [2.24, 2.45) is 0 Å². The third-order valence-corrected chi connectivity index (χ3v) is 4.40. The summed E-state index contributed by atoms with van der Waals surface area (Å²) in [5.74, 6) is -0.553.